The molecule has 30 heavy (non-hydrogen) atoms. The van der Waals surface area contributed by atoms with E-state index < -0.39 is 11.9 Å². The second-order valence-electron chi connectivity index (χ2n) is 8.41. The van der Waals surface area contributed by atoms with E-state index >= 15 is 0 Å². The van der Waals surface area contributed by atoms with Gasteiger partial charge in [0.2, 0.25) is 0 Å². The van der Waals surface area contributed by atoms with E-state index in [2.05, 4.69) is 0 Å². The number of carboxylic acid groups (broad SMARTS) is 1. The second kappa shape index (κ2) is 8.82. The molecule has 0 aromatic heterocycles. The maximum Gasteiger partial charge on any atom is 0.335 e. The van der Waals surface area contributed by atoms with Gasteiger partial charge in [-0.1, -0.05) is 75.3 Å². The number of imide groups is 1. The summed E-state index contributed by atoms with van der Waals surface area (Å²) in [4.78, 5) is 38.9. The van der Waals surface area contributed by atoms with Crippen molar-refractivity contribution in [1.29, 1.82) is 0 Å². The normalized spacial score (nSPS) is 17.8. The molecule has 156 valence electrons. The number of amides is 2. The molecule has 1 aliphatic carbocycles. The van der Waals surface area contributed by atoms with Crippen LogP contribution in [0.25, 0.3) is 0 Å². The largest absolute Gasteiger partial charge is 0.478 e. The molecule has 1 N–H and O–H groups in total. The van der Waals surface area contributed by atoms with Crippen LogP contribution in [0.2, 0.25) is 0 Å². The van der Waals surface area contributed by atoms with Gasteiger partial charge in [-0.15, -0.1) is 0 Å². The first-order valence-corrected chi connectivity index (χ1v) is 10.9. The van der Waals surface area contributed by atoms with E-state index in [0.29, 0.717) is 5.56 Å². The topological polar surface area (TPSA) is 74.7 Å². The fraction of sp³-hybridized carbons (Fsp3) is 0.400. The van der Waals surface area contributed by atoms with Gasteiger partial charge in [-0.05, 0) is 36.1 Å². The van der Waals surface area contributed by atoms with Crippen molar-refractivity contribution in [2.45, 2.75) is 57.4 Å². The molecule has 0 bridgehead atoms. The minimum absolute atomic E-state index is 0.0188. The van der Waals surface area contributed by atoms with Gasteiger partial charge >= 0.3 is 5.97 Å². The summed E-state index contributed by atoms with van der Waals surface area (Å²) in [6.45, 7) is 0. The van der Waals surface area contributed by atoms with Crippen molar-refractivity contribution in [3.05, 3.63) is 70.8 Å². The molecule has 1 fully saturated rings. The molecular weight excluding hydrogens is 378 g/mol. The third kappa shape index (κ3) is 4.02. The van der Waals surface area contributed by atoms with Gasteiger partial charge in [0.05, 0.1) is 22.7 Å². The first-order valence-electron chi connectivity index (χ1n) is 10.9. The van der Waals surface area contributed by atoms with Crippen molar-refractivity contribution in [2.24, 2.45) is 5.92 Å². The summed E-state index contributed by atoms with van der Waals surface area (Å²) in [7, 11) is 0. The Morgan fingerprint density at radius 1 is 0.967 bits per heavy atom. The van der Waals surface area contributed by atoms with Crippen molar-refractivity contribution < 1.29 is 19.5 Å². The summed E-state index contributed by atoms with van der Waals surface area (Å²) in [6, 6.07) is 13.5. The highest BCUT2D eigenvalue weighted by molar-refractivity contribution is 6.22. The number of hydrogen-bond donors (Lipinski definition) is 1. The Kier molecular flexibility index (Phi) is 5.98. The summed E-state index contributed by atoms with van der Waals surface area (Å²) in [5.74, 6) is -1.10. The Balaban J connectivity index is 1.57. The highest BCUT2D eigenvalue weighted by atomic mass is 16.4. The van der Waals surface area contributed by atoms with Crippen molar-refractivity contribution >= 4 is 17.8 Å². The van der Waals surface area contributed by atoms with Crippen LogP contribution in [0.1, 0.15) is 94.0 Å². The van der Waals surface area contributed by atoms with Crippen LogP contribution in [0, 0.1) is 5.92 Å². The number of carbonyl (C=O) groups is 3. The van der Waals surface area contributed by atoms with Crippen molar-refractivity contribution in [3.8, 4) is 0 Å². The van der Waals surface area contributed by atoms with Crippen LogP contribution in [0.3, 0.4) is 0 Å². The van der Waals surface area contributed by atoms with Crippen molar-refractivity contribution in [3.63, 3.8) is 0 Å². The van der Waals surface area contributed by atoms with Crippen LogP contribution in [-0.2, 0) is 0 Å². The molecule has 5 nitrogen and oxygen atoms in total. The van der Waals surface area contributed by atoms with Gasteiger partial charge < -0.3 is 5.11 Å². The Labute approximate surface area is 176 Å². The minimum Gasteiger partial charge on any atom is -0.478 e. The molecule has 0 saturated heterocycles. The number of carbonyl (C=O) groups excluding carboxylic acids is 2. The Morgan fingerprint density at radius 3 is 2.37 bits per heavy atom. The fourth-order valence-electron chi connectivity index (χ4n) is 4.87. The van der Waals surface area contributed by atoms with E-state index in [1.54, 1.807) is 0 Å². The Hall–Kier alpha value is -2.95. The summed E-state index contributed by atoms with van der Waals surface area (Å²) in [5, 5.41) is 9.25. The van der Waals surface area contributed by atoms with E-state index in [4.69, 9.17) is 0 Å². The number of rotatable bonds is 7. The lowest BCUT2D eigenvalue weighted by molar-refractivity contribution is 0.0569. The third-order valence-corrected chi connectivity index (χ3v) is 6.48. The van der Waals surface area contributed by atoms with Gasteiger partial charge in [0, 0.05) is 0 Å². The van der Waals surface area contributed by atoms with Gasteiger partial charge in [-0.3, -0.25) is 14.5 Å². The summed E-state index contributed by atoms with van der Waals surface area (Å²) >= 11 is 0. The Morgan fingerprint density at radius 2 is 1.67 bits per heavy atom. The maximum absolute atomic E-state index is 13.2. The lowest BCUT2D eigenvalue weighted by atomic mass is 9.85. The number of carboxylic acids is 1. The van der Waals surface area contributed by atoms with Crippen LogP contribution in [0.4, 0.5) is 0 Å². The van der Waals surface area contributed by atoms with E-state index in [0.717, 1.165) is 30.7 Å². The standard InChI is InChI=1S/C25H27NO4/c27-23-20-15-14-19(25(29)30)16-21(20)24(28)26(23)22(18-11-5-2-6-12-18)13-7-10-17-8-3-1-4-9-17/h2,5-6,11-12,14-17,22H,1,3-4,7-10,13H2,(H,29,30)/t22-/m1/s1. The zero-order chi connectivity index (χ0) is 21.1. The van der Waals surface area contributed by atoms with E-state index in [-0.39, 0.29) is 23.1 Å². The monoisotopic (exact) mass is 405 g/mol. The third-order valence-electron chi connectivity index (χ3n) is 6.48. The number of aromatic carboxylic acids is 1. The molecule has 2 aromatic carbocycles. The highest BCUT2D eigenvalue weighted by Gasteiger charge is 2.40. The summed E-state index contributed by atoms with van der Waals surface area (Å²) in [6.07, 6.45) is 9.29. The zero-order valence-corrected chi connectivity index (χ0v) is 17.0. The average molecular weight is 405 g/mol. The number of benzene rings is 2. The quantitative estimate of drug-likeness (QED) is 0.620. The van der Waals surface area contributed by atoms with Gasteiger partial charge in [0.1, 0.15) is 0 Å². The molecule has 0 unspecified atom stereocenters. The van der Waals surface area contributed by atoms with E-state index in [1.807, 2.05) is 30.3 Å². The molecule has 1 saturated carbocycles. The zero-order valence-electron chi connectivity index (χ0n) is 17.0. The smallest absolute Gasteiger partial charge is 0.335 e. The average Bonchev–Trinajstić information content (AvgIpc) is 3.02. The predicted molar refractivity (Wildman–Crippen MR) is 114 cm³/mol. The predicted octanol–water partition coefficient (Wildman–Crippen LogP) is 5.47. The molecular formula is C25H27NO4. The number of hydrogen-bond acceptors (Lipinski definition) is 3. The molecule has 1 aliphatic heterocycles. The molecule has 2 aromatic rings. The van der Waals surface area contributed by atoms with E-state index in [1.165, 1.54) is 55.2 Å². The second-order valence-corrected chi connectivity index (χ2v) is 8.41. The molecule has 2 amide bonds. The van der Waals surface area contributed by atoms with Crippen molar-refractivity contribution in [2.75, 3.05) is 0 Å². The van der Waals surface area contributed by atoms with Crippen LogP contribution < -0.4 is 0 Å². The van der Waals surface area contributed by atoms with Crippen molar-refractivity contribution in [1.82, 2.24) is 4.90 Å². The molecule has 0 spiro atoms. The molecule has 4 rings (SSSR count). The molecule has 5 heteroatoms. The Bertz CT molecular complexity index is 947. The molecule has 0 radical (unpaired) electrons. The minimum atomic E-state index is -1.11. The lowest BCUT2D eigenvalue weighted by Gasteiger charge is -2.28. The summed E-state index contributed by atoms with van der Waals surface area (Å²) < 4.78 is 0. The van der Waals surface area contributed by atoms with Gasteiger partial charge in [-0.2, -0.15) is 0 Å². The fourth-order valence-corrected chi connectivity index (χ4v) is 4.87. The van der Waals surface area contributed by atoms with Crippen LogP contribution >= 0.6 is 0 Å². The van der Waals surface area contributed by atoms with E-state index in [9.17, 15) is 19.5 Å². The molecule has 1 heterocycles. The number of nitrogens with zero attached hydrogens (tertiary/aromatic N) is 1. The van der Waals surface area contributed by atoms with Crippen LogP contribution in [-0.4, -0.2) is 27.8 Å². The molecule has 2 aliphatic rings. The summed E-state index contributed by atoms with van der Waals surface area (Å²) in [5.41, 5.74) is 1.44. The SMILES string of the molecule is O=C(O)c1ccc2c(c1)C(=O)N([C@H](CCCC1CCCCC1)c1ccccc1)C2=O. The van der Waals surface area contributed by atoms with Gasteiger partial charge in [0.25, 0.3) is 11.8 Å². The number of fused-ring (bicyclic) bond motifs is 1. The maximum atomic E-state index is 13.2. The highest BCUT2D eigenvalue weighted by Crippen LogP contribution is 2.36. The van der Waals surface area contributed by atoms with Gasteiger partial charge in [-0.25, -0.2) is 4.79 Å². The van der Waals surface area contributed by atoms with Gasteiger partial charge in [0.15, 0.2) is 0 Å². The first kappa shape index (κ1) is 20.3. The molecule has 1 atom stereocenters. The first-order chi connectivity index (χ1) is 14.6. The van der Waals surface area contributed by atoms with Crippen LogP contribution in [0.5, 0.6) is 0 Å². The lowest BCUT2D eigenvalue weighted by Crippen LogP contribution is -2.34. The van der Waals surface area contributed by atoms with Crippen LogP contribution in [0.15, 0.2) is 48.5 Å².